The molecular weight excluding hydrogens is 444 g/mol. The summed E-state index contributed by atoms with van der Waals surface area (Å²) in [6.07, 6.45) is 0. The van der Waals surface area contributed by atoms with Crippen LogP contribution in [0.5, 0.6) is 0 Å². The van der Waals surface area contributed by atoms with Crippen LogP contribution in [0, 0.1) is 0 Å². The van der Waals surface area contributed by atoms with Gasteiger partial charge in [-0.25, -0.2) is 0 Å². The van der Waals surface area contributed by atoms with Gasteiger partial charge in [0, 0.05) is 36.2 Å². The van der Waals surface area contributed by atoms with Gasteiger partial charge >= 0.3 is 0 Å². The largest absolute Gasteiger partial charge is 0.336 e. The molecule has 1 amide bonds. The number of aromatic nitrogens is 2. The third-order valence-corrected chi connectivity index (χ3v) is 5.49. The second kappa shape index (κ2) is 8.43. The zero-order chi connectivity index (χ0) is 19.5. The van der Waals surface area contributed by atoms with Crippen molar-refractivity contribution in [3.05, 3.63) is 69.4 Å². The van der Waals surface area contributed by atoms with E-state index in [0.29, 0.717) is 41.9 Å². The average Bonchev–Trinajstić information content (AvgIpc) is 3.16. The topological polar surface area (TPSA) is 62.5 Å². The molecule has 1 saturated heterocycles. The number of rotatable bonds is 4. The number of amides is 1. The Morgan fingerprint density at radius 2 is 1.89 bits per heavy atom. The standard InChI is InChI=1S/C20H18BrClN4O2/c21-15-5-3-4-14(12-15)20(27)26-10-8-25(9-11-26)13-18-23-19(28-24-18)16-6-1-2-7-17(16)22/h1-7,12H,8-11,13H2. The van der Waals surface area contributed by atoms with Crippen LogP contribution in [-0.2, 0) is 6.54 Å². The molecule has 1 aliphatic heterocycles. The molecule has 1 aromatic heterocycles. The molecule has 2 heterocycles. The van der Waals surface area contributed by atoms with Crippen LogP contribution in [0.3, 0.4) is 0 Å². The number of nitrogens with zero attached hydrogens (tertiary/aromatic N) is 4. The first-order valence-electron chi connectivity index (χ1n) is 8.95. The minimum atomic E-state index is 0.0570. The van der Waals surface area contributed by atoms with Gasteiger partial charge in [0.05, 0.1) is 17.1 Å². The molecule has 0 saturated carbocycles. The number of carbonyl (C=O) groups excluding carboxylic acids is 1. The van der Waals surface area contributed by atoms with Gasteiger partial charge in [0.25, 0.3) is 11.8 Å². The molecule has 0 N–H and O–H groups in total. The van der Waals surface area contributed by atoms with E-state index in [4.69, 9.17) is 16.1 Å². The Hall–Kier alpha value is -2.22. The summed E-state index contributed by atoms with van der Waals surface area (Å²) in [6, 6.07) is 14.9. The summed E-state index contributed by atoms with van der Waals surface area (Å²) in [6.45, 7) is 3.43. The fourth-order valence-corrected chi connectivity index (χ4v) is 3.79. The van der Waals surface area contributed by atoms with Crippen molar-refractivity contribution in [2.45, 2.75) is 6.54 Å². The quantitative estimate of drug-likeness (QED) is 0.585. The van der Waals surface area contributed by atoms with Gasteiger partial charge in [-0.2, -0.15) is 4.98 Å². The number of carbonyl (C=O) groups is 1. The first-order chi connectivity index (χ1) is 13.6. The highest BCUT2D eigenvalue weighted by Gasteiger charge is 2.23. The number of halogens is 2. The van der Waals surface area contributed by atoms with Crippen molar-refractivity contribution in [2.75, 3.05) is 26.2 Å². The molecule has 0 bridgehead atoms. The Morgan fingerprint density at radius 1 is 1.11 bits per heavy atom. The van der Waals surface area contributed by atoms with Crippen LogP contribution in [0.15, 0.2) is 57.5 Å². The molecule has 6 nitrogen and oxygen atoms in total. The maximum Gasteiger partial charge on any atom is 0.259 e. The van der Waals surface area contributed by atoms with E-state index in [1.807, 2.05) is 47.4 Å². The lowest BCUT2D eigenvalue weighted by Gasteiger charge is -2.34. The third-order valence-electron chi connectivity index (χ3n) is 4.67. The fraction of sp³-hybridized carbons (Fsp3) is 0.250. The van der Waals surface area contributed by atoms with Crippen molar-refractivity contribution in [1.82, 2.24) is 19.9 Å². The van der Waals surface area contributed by atoms with Gasteiger partial charge in [-0.1, -0.05) is 50.9 Å². The number of hydrogen-bond donors (Lipinski definition) is 0. The first-order valence-corrected chi connectivity index (χ1v) is 10.1. The van der Waals surface area contributed by atoms with Gasteiger partial charge in [-0.05, 0) is 30.3 Å². The lowest BCUT2D eigenvalue weighted by molar-refractivity contribution is 0.0624. The summed E-state index contributed by atoms with van der Waals surface area (Å²) in [5.74, 6) is 1.09. The molecule has 1 aliphatic rings. The highest BCUT2D eigenvalue weighted by molar-refractivity contribution is 9.10. The van der Waals surface area contributed by atoms with Crippen molar-refractivity contribution in [1.29, 1.82) is 0 Å². The van der Waals surface area contributed by atoms with E-state index < -0.39 is 0 Å². The van der Waals surface area contributed by atoms with Crippen molar-refractivity contribution in [3.63, 3.8) is 0 Å². The maximum atomic E-state index is 12.6. The van der Waals surface area contributed by atoms with Crippen LogP contribution in [0.4, 0.5) is 0 Å². The summed E-state index contributed by atoms with van der Waals surface area (Å²) >= 11 is 9.60. The van der Waals surface area contributed by atoms with Gasteiger partial charge in [0.1, 0.15) is 0 Å². The van der Waals surface area contributed by atoms with Crippen LogP contribution < -0.4 is 0 Å². The van der Waals surface area contributed by atoms with E-state index in [1.165, 1.54) is 0 Å². The van der Waals surface area contributed by atoms with Crippen molar-refractivity contribution in [2.24, 2.45) is 0 Å². The highest BCUT2D eigenvalue weighted by atomic mass is 79.9. The lowest BCUT2D eigenvalue weighted by atomic mass is 10.2. The molecule has 0 atom stereocenters. The predicted octanol–water partition coefficient (Wildman–Crippen LogP) is 4.11. The monoisotopic (exact) mass is 460 g/mol. The average molecular weight is 462 g/mol. The van der Waals surface area contributed by atoms with E-state index >= 15 is 0 Å². The van der Waals surface area contributed by atoms with Crippen LogP contribution in [-0.4, -0.2) is 52.0 Å². The Labute approximate surface area is 176 Å². The minimum absolute atomic E-state index is 0.0570. The number of piperazine rings is 1. The van der Waals surface area contributed by atoms with Crippen LogP contribution in [0.1, 0.15) is 16.2 Å². The molecule has 0 spiro atoms. The van der Waals surface area contributed by atoms with Crippen molar-refractivity contribution >= 4 is 33.4 Å². The van der Waals surface area contributed by atoms with Gasteiger partial charge in [0.2, 0.25) is 0 Å². The van der Waals surface area contributed by atoms with E-state index in [9.17, 15) is 4.79 Å². The molecule has 4 rings (SSSR count). The van der Waals surface area contributed by atoms with E-state index in [0.717, 1.165) is 23.1 Å². The normalized spacial score (nSPS) is 15.0. The van der Waals surface area contributed by atoms with Crippen LogP contribution >= 0.6 is 27.5 Å². The molecule has 3 aromatic rings. The Bertz CT molecular complexity index is 986. The van der Waals surface area contributed by atoms with Gasteiger partial charge in [-0.3, -0.25) is 9.69 Å². The second-order valence-electron chi connectivity index (χ2n) is 6.57. The third kappa shape index (κ3) is 4.27. The Kier molecular flexibility index (Phi) is 5.75. The highest BCUT2D eigenvalue weighted by Crippen LogP contribution is 2.26. The smallest absolute Gasteiger partial charge is 0.259 e. The molecule has 8 heteroatoms. The second-order valence-corrected chi connectivity index (χ2v) is 7.90. The molecule has 0 unspecified atom stereocenters. The lowest BCUT2D eigenvalue weighted by Crippen LogP contribution is -2.48. The predicted molar refractivity (Wildman–Crippen MR) is 110 cm³/mol. The van der Waals surface area contributed by atoms with Crippen LogP contribution in [0.2, 0.25) is 5.02 Å². The molecule has 0 radical (unpaired) electrons. The molecule has 0 aliphatic carbocycles. The number of hydrogen-bond acceptors (Lipinski definition) is 5. The van der Waals surface area contributed by atoms with Crippen molar-refractivity contribution in [3.8, 4) is 11.5 Å². The summed E-state index contributed by atoms with van der Waals surface area (Å²) < 4.78 is 6.27. The summed E-state index contributed by atoms with van der Waals surface area (Å²) in [5, 5.41) is 4.65. The molecule has 2 aromatic carbocycles. The zero-order valence-electron chi connectivity index (χ0n) is 15.0. The maximum absolute atomic E-state index is 12.6. The van der Waals surface area contributed by atoms with Gasteiger partial charge in [-0.15, -0.1) is 0 Å². The van der Waals surface area contributed by atoms with Gasteiger partial charge in [0.15, 0.2) is 5.82 Å². The van der Waals surface area contributed by atoms with Gasteiger partial charge < -0.3 is 9.42 Å². The molecule has 1 fully saturated rings. The Morgan fingerprint density at radius 3 is 2.64 bits per heavy atom. The summed E-state index contributed by atoms with van der Waals surface area (Å²) in [5.41, 5.74) is 1.43. The first kappa shape index (κ1) is 19.1. The minimum Gasteiger partial charge on any atom is -0.336 e. The summed E-state index contributed by atoms with van der Waals surface area (Å²) in [4.78, 5) is 21.2. The fourth-order valence-electron chi connectivity index (χ4n) is 3.18. The zero-order valence-corrected chi connectivity index (χ0v) is 17.4. The number of benzene rings is 2. The molecule has 28 heavy (non-hydrogen) atoms. The Balaban J connectivity index is 1.35. The van der Waals surface area contributed by atoms with E-state index in [-0.39, 0.29) is 5.91 Å². The van der Waals surface area contributed by atoms with Crippen molar-refractivity contribution < 1.29 is 9.32 Å². The van der Waals surface area contributed by atoms with Crippen LogP contribution in [0.25, 0.3) is 11.5 Å². The van der Waals surface area contributed by atoms with E-state index in [1.54, 1.807) is 6.07 Å². The molecular formula is C20H18BrClN4O2. The van der Waals surface area contributed by atoms with E-state index in [2.05, 4.69) is 31.0 Å². The summed E-state index contributed by atoms with van der Waals surface area (Å²) in [7, 11) is 0. The molecule has 144 valence electrons. The SMILES string of the molecule is O=C(c1cccc(Br)c1)N1CCN(Cc2noc(-c3ccccc3Cl)n2)CC1.